The summed E-state index contributed by atoms with van der Waals surface area (Å²) in [6.07, 6.45) is 6.62. The Morgan fingerprint density at radius 1 is 1.83 bits per heavy atom. The maximum absolute atomic E-state index is 5.68. The fourth-order valence-corrected chi connectivity index (χ4v) is 0.961. The minimum Gasteiger partial charge on any atom is -0.324 e. The van der Waals surface area contributed by atoms with Crippen molar-refractivity contribution < 1.29 is 0 Å². The van der Waals surface area contributed by atoms with Crippen LogP contribution in [0.2, 0.25) is 0 Å². The summed E-state index contributed by atoms with van der Waals surface area (Å²) in [6.45, 7) is 6.49. The highest BCUT2D eigenvalue weighted by Gasteiger charge is 2.01. The van der Waals surface area contributed by atoms with E-state index >= 15 is 0 Å². The molecular formula is C9H15N3. The number of nitrogens with two attached hydrogens (primary N) is 1. The Labute approximate surface area is 72.9 Å². The molecule has 0 aliphatic heterocycles. The normalized spacial score (nSPS) is 12.8. The number of hydrogen-bond acceptors (Lipinski definition) is 2. The number of allylic oxidation sites excluding steroid dienone is 1. The molecule has 2 N–H and O–H groups in total. The minimum absolute atomic E-state index is 0.0717. The molecule has 0 unspecified atom stereocenters. The third kappa shape index (κ3) is 2.20. The molecule has 0 saturated carbocycles. The number of nitrogens with zero attached hydrogens (tertiary/aromatic N) is 2. The highest BCUT2D eigenvalue weighted by molar-refractivity contribution is 5.08. The molecule has 0 aliphatic carbocycles. The Bertz CT molecular complexity index is 250. The first kappa shape index (κ1) is 9.00. The lowest BCUT2D eigenvalue weighted by molar-refractivity contribution is 0.622. The zero-order valence-corrected chi connectivity index (χ0v) is 7.40. The lowest BCUT2D eigenvalue weighted by atomic mass is 10.2. The van der Waals surface area contributed by atoms with Crippen molar-refractivity contribution in [1.82, 2.24) is 9.78 Å². The predicted molar refractivity (Wildman–Crippen MR) is 49.6 cm³/mol. The fourth-order valence-electron chi connectivity index (χ4n) is 0.961. The highest BCUT2D eigenvalue weighted by Crippen LogP contribution is 2.07. The Balaban J connectivity index is 2.58. The van der Waals surface area contributed by atoms with Gasteiger partial charge in [0.15, 0.2) is 0 Å². The van der Waals surface area contributed by atoms with E-state index in [2.05, 4.69) is 11.7 Å². The predicted octanol–water partition coefficient (Wildman–Crippen LogP) is 1.48. The van der Waals surface area contributed by atoms with Gasteiger partial charge in [0.1, 0.15) is 0 Å². The molecule has 0 aliphatic rings. The molecule has 1 aromatic rings. The van der Waals surface area contributed by atoms with Crippen molar-refractivity contribution >= 4 is 0 Å². The molecule has 0 bridgehead atoms. The van der Waals surface area contributed by atoms with Gasteiger partial charge in [-0.2, -0.15) is 5.10 Å². The van der Waals surface area contributed by atoms with Gasteiger partial charge in [-0.05, 0) is 13.3 Å². The van der Waals surface area contributed by atoms with Crippen molar-refractivity contribution in [2.24, 2.45) is 5.73 Å². The van der Waals surface area contributed by atoms with Crippen LogP contribution in [0.3, 0.4) is 0 Å². The van der Waals surface area contributed by atoms with Crippen LogP contribution >= 0.6 is 0 Å². The second-order valence-corrected chi connectivity index (χ2v) is 2.90. The molecule has 66 valence electrons. The van der Waals surface area contributed by atoms with E-state index < -0.39 is 0 Å². The van der Waals surface area contributed by atoms with E-state index in [0.29, 0.717) is 0 Å². The molecule has 1 heterocycles. The van der Waals surface area contributed by atoms with E-state index in [4.69, 9.17) is 5.73 Å². The average molecular weight is 165 g/mol. The van der Waals surface area contributed by atoms with Crippen LogP contribution in [0.1, 0.15) is 24.9 Å². The third-order valence-electron chi connectivity index (χ3n) is 1.74. The maximum atomic E-state index is 5.68. The number of aryl methyl sites for hydroxylation is 1. The topological polar surface area (TPSA) is 43.8 Å². The Morgan fingerprint density at radius 3 is 3.08 bits per heavy atom. The number of rotatable bonds is 4. The summed E-state index contributed by atoms with van der Waals surface area (Å²) in [5, 5.41) is 4.16. The van der Waals surface area contributed by atoms with Crippen molar-refractivity contribution in [3.63, 3.8) is 0 Å². The Kier molecular flexibility index (Phi) is 3.05. The minimum atomic E-state index is 0.0717. The van der Waals surface area contributed by atoms with Gasteiger partial charge in [-0.1, -0.05) is 6.08 Å². The van der Waals surface area contributed by atoms with Crippen LogP contribution in [0.15, 0.2) is 25.0 Å². The van der Waals surface area contributed by atoms with E-state index in [1.807, 2.05) is 30.1 Å². The molecule has 3 heteroatoms. The first-order valence-electron chi connectivity index (χ1n) is 4.13. The highest BCUT2D eigenvalue weighted by atomic mass is 15.3. The summed E-state index contributed by atoms with van der Waals surface area (Å²) in [5.41, 5.74) is 6.76. The Hall–Kier alpha value is -1.09. The van der Waals surface area contributed by atoms with Crippen LogP contribution in [0.5, 0.6) is 0 Å². The van der Waals surface area contributed by atoms with Crippen LogP contribution in [0.4, 0.5) is 0 Å². The van der Waals surface area contributed by atoms with Crippen molar-refractivity contribution in [2.45, 2.75) is 25.9 Å². The van der Waals surface area contributed by atoms with E-state index in [1.165, 1.54) is 0 Å². The van der Waals surface area contributed by atoms with E-state index in [0.717, 1.165) is 18.5 Å². The second-order valence-electron chi connectivity index (χ2n) is 2.90. The quantitative estimate of drug-likeness (QED) is 0.687. The molecule has 0 saturated heterocycles. The monoisotopic (exact) mass is 165 g/mol. The molecule has 0 aromatic carbocycles. The van der Waals surface area contributed by atoms with Crippen LogP contribution in [0, 0.1) is 0 Å². The third-order valence-corrected chi connectivity index (χ3v) is 1.74. The van der Waals surface area contributed by atoms with Crippen molar-refractivity contribution in [3.8, 4) is 0 Å². The summed E-state index contributed by atoms with van der Waals surface area (Å²) in [7, 11) is 0. The van der Waals surface area contributed by atoms with Gasteiger partial charge in [0.05, 0.1) is 6.20 Å². The summed E-state index contributed by atoms with van der Waals surface area (Å²) < 4.78 is 1.89. The van der Waals surface area contributed by atoms with Gasteiger partial charge in [-0.3, -0.25) is 4.68 Å². The van der Waals surface area contributed by atoms with Crippen molar-refractivity contribution in [3.05, 3.63) is 30.6 Å². The molecule has 12 heavy (non-hydrogen) atoms. The lowest BCUT2D eigenvalue weighted by Gasteiger charge is -1.98. The SMILES string of the molecule is C=CCCn1cc([C@@H](C)N)cn1. The lowest BCUT2D eigenvalue weighted by Crippen LogP contribution is -2.03. The molecule has 0 amide bonds. The van der Waals surface area contributed by atoms with E-state index in [1.54, 1.807) is 0 Å². The molecule has 1 atom stereocenters. The average Bonchev–Trinajstić information content (AvgIpc) is 2.48. The molecule has 0 radical (unpaired) electrons. The second kappa shape index (κ2) is 4.07. The first-order chi connectivity index (χ1) is 5.74. The molecule has 1 aromatic heterocycles. The van der Waals surface area contributed by atoms with Gasteiger partial charge in [0.25, 0.3) is 0 Å². The van der Waals surface area contributed by atoms with Crippen LogP contribution in [-0.4, -0.2) is 9.78 Å². The van der Waals surface area contributed by atoms with Gasteiger partial charge < -0.3 is 5.73 Å². The van der Waals surface area contributed by atoms with Gasteiger partial charge in [0.2, 0.25) is 0 Å². The molecule has 3 nitrogen and oxygen atoms in total. The molecule has 0 spiro atoms. The van der Waals surface area contributed by atoms with Gasteiger partial charge in [0, 0.05) is 24.3 Å². The summed E-state index contributed by atoms with van der Waals surface area (Å²) in [6, 6.07) is 0.0717. The standard InChI is InChI=1S/C9H15N3/c1-3-4-5-12-7-9(6-11-12)8(2)10/h3,6-8H,1,4-5,10H2,2H3/t8-/m1/s1. The van der Waals surface area contributed by atoms with Gasteiger partial charge >= 0.3 is 0 Å². The maximum Gasteiger partial charge on any atom is 0.0537 e. The number of hydrogen-bond donors (Lipinski definition) is 1. The molecule has 1 rings (SSSR count). The summed E-state index contributed by atoms with van der Waals surface area (Å²) in [5.74, 6) is 0. The van der Waals surface area contributed by atoms with Gasteiger partial charge in [-0.15, -0.1) is 6.58 Å². The van der Waals surface area contributed by atoms with E-state index in [9.17, 15) is 0 Å². The zero-order valence-electron chi connectivity index (χ0n) is 7.40. The van der Waals surface area contributed by atoms with E-state index in [-0.39, 0.29) is 6.04 Å². The summed E-state index contributed by atoms with van der Waals surface area (Å²) in [4.78, 5) is 0. The molecule has 0 fully saturated rings. The summed E-state index contributed by atoms with van der Waals surface area (Å²) >= 11 is 0. The van der Waals surface area contributed by atoms with Crippen LogP contribution < -0.4 is 5.73 Å². The number of aromatic nitrogens is 2. The van der Waals surface area contributed by atoms with Crippen molar-refractivity contribution in [2.75, 3.05) is 0 Å². The van der Waals surface area contributed by atoms with Gasteiger partial charge in [-0.25, -0.2) is 0 Å². The Morgan fingerprint density at radius 2 is 2.58 bits per heavy atom. The largest absolute Gasteiger partial charge is 0.324 e. The van der Waals surface area contributed by atoms with Crippen molar-refractivity contribution in [1.29, 1.82) is 0 Å². The smallest absolute Gasteiger partial charge is 0.0537 e. The first-order valence-corrected chi connectivity index (χ1v) is 4.13. The molecular weight excluding hydrogens is 150 g/mol. The fraction of sp³-hybridized carbons (Fsp3) is 0.444. The van der Waals surface area contributed by atoms with Crippen LogP contribution in [-0.2, 0) is 6.54 Å². The zero-order chi connectivity index (χ0) is 8.97. The van der Waals surface area contributed by atoms with Crippen LogP contribution in [0.25, 0.3) is 0 Å².